The van der Waals surface area contributed by atoms with E-state index in [2.05, 4.69) is 18.3 Å². The molecule has 4 nitrogen and oxygen atoms in total. The van der Waals surface area contributed by atoms with Crippen molar-refractivity contribution in [3.8, 4) is 5.75 Å². The largest absolute Gasteiger partial charge is 0.491 e. The predicted octanol–water partition coefficient (Wildman–Crippen LogP) is 4.25. The van der Waals surface area contributed by atoms with Gasteiger partial charge in [-0.2, -0.15) is 0 Å². The summed E-state index contributed by atoms with van der Waals surface area (Å²) in [6.45, 7) is 6.75. The maximum Gasteiger partial charge on any atom is 0.229 e. The normalized spacial score (nSPS) is 16.0. The third-order valence-corrected chi connectivity index (χ3v) is 4.37. The van der Waals surface area contributed by atoms with Crippen LogP contribution in [-0.4, -0.2) is 24.6 Å². The Balaban J connectivity index is 1.53. The number of rotatable bonds is 6. The molecule has 0 saturated heterocycles. The van der Waals surface area contributed by atoms with Gasteiger partial charge in [-0.1, -0.05) is 18.2 Å². The van der Waals surface area contributed by atoms with E-state index in [9.17, 15) is 4.79 Å². The van der Waals surface area contributed by atoms with Crippen LogP contribution in [0.25, 0.3) is 0 Å². The molecule has 1 heterocycles. The molecule has 0 spiro atoms. The van der Waals surface area contributed by atoms with Gasteiger partial charge in [-0.15, -0.1) is 0 Å². The van der Waals surface area contributed by atoms with Crippen LogP contribution in [0.4, 0.5) is 11.4 Å². The van der Waals surface area contributed by atoms with E-state index in [1.807, 2.05) is 61.2 Å². The lowest BCUT2D eigenvalue weighted by atomic mass is 10.1. The van der Waals surface area contributed by atoms with Crippen LogP contribution in [0.15, 0.2) is 48.5 Å². The summed E-state index contributed by atoms with van der Waals surface area (Å²) in [6.07, 6.45) is 1.58. The van der Waals surface area contributed by atoms with Crippen molar-refractivity contribution in [3.63, 3.8) is 0 Å². The van der Waals surface area contributed by atoms with Crippen LogP contribution < -0.4 is 15.0 Å². The first kappa shape index (κ1) is 17.3. The molecule has 1 amide bonds. The number of amides is 1. The lowest BCUT2D eigenvalue weighted by Gasteiger charge is -2.23. The molecule has 1 N–H and O–H groups in total. The fraction of sp³-hybridized carbons (Fsp3) is 0.381. The molecule has 0 saturated carbocycles. The van der Waals surface area contributed by atoms with Crippen LogP contribution >= 0.6 is 0 Å². The van der Waals surface area contributed by atoms with Gasteiger partial charge in [0.2, 0.25) is 5.91 Å². The number of nitrogens with zero attached hydrogens (tertiary/aromatic N) is 1. The molecule has 1 aliphatic rings. The molecule has 2 aromatic rings. The minimum atomic E-state index is 0.168. The highest BCUT2D eigenvalue weighted by Gasteiger charge is 2.29. The van der Waals surface area contributed by atoms with Crippen molar-refractivity contribution in [1.82, 2.24) is 0 Å². The maximum absolute atomic E-state index is 12.7. The van der Waals surface area contributed by atoms with Gasteiger partial charge < -0.3 is 15.0 Å². The molecule has 0 aliphatic carbocycles. The Morgan fingerprint density at radius 1 is 1.20 bits per heavy atom. The quantitative estimate of drug-likeness (QED) is 0.856. The molecular formula is C21H26N2O2. The number of benzene rings is 2. The first-order valence-corrected chi connectivity index (χ1v) is 8.95. The molecule has 0 fully saturated rings. The Labute approximate surface area is 149 Å². The van der Waals surface area contributed by atoms with Crippen molar-refractivity contribution in [2.24, 2.45) is 0 Å². The molecule has 25 heavy (non-hydrogen) atoms. The number of nitrogens with one attached hydrogen (secondary N) is 1. The third kappa shape index (κ3) is 4.13. The lowest BCUT2D eigenvalue weighted by Crippen LogP contribution is -2.36. The minimum absolute atomic E-state index is 0.168. The van der Waals surface area contributed by atoms with E-state index in [4.69, 9.17) is 4.74 Å². The molecular weight excluding hydrogens is 312 g/mol. The Kier molecular flexibility index (Phi) is 5.27. The maximum atomic E-state index is 12.7. The van der Waals surface area contributed by atoms with Gasteiger partial charge in [0.25, 0.3) is 0 Å². The molecule has 1 unspecified atom stereocenters. The van der Waals surface area contributed by atoms with Crippen LogP contribution in [0.5, 0.6) is 5.75 Å². The number of carbonyl (C=O) groups excluding carboxylic acids is 1. The van der Waals surface area contributed by atoms with Gasteiger partial charge in [0.05, 0.1) is 6.10 Å². The van der Waals surface area contributed by atoms with E-state index < -0.39 is 0 Å². The average Bonchev–Trinajstić information content (AvgIpc) is 2.91. The van der Waals surface area contributed by atoms with Crippen molar-refractivity contribution in [2.45, 2.75) is 45.8 Å². The average molecular weight is 338 g/mol. The van der Waals surface area contributed by atoms with Crippen molar-refractivity contribution in [1.29, 1.82) is 0 Å². The summed E-state index contributed by atoms with van der Waals surface area (Å²) in [5.41, 5.74) is 3.33. The topological polar surface area (TPSA) is 41.6 Å². The summed E-state index contributed by atoms with van der Waals surface area (Å²) in [7, 11) is 0. The van der Waals surface area contributed by atoms with Gasteiger partial charge in [0.1, 0.15) is 5.75 Å². The molecule has 4 heteroatoms. The van der Waals surface area contributed by atoms with Gasteiger partial charge in [0, 0.05) is 30.4 Å². The highest BCUT2D eigenvalue weighted by atomic mass is 16.5. The summed E-state index contributed by atoms with van der Waals surface area (Å²) in [4.78, 5) is 14.6. The first-order valence-electron chi connectivity index (χ1n) is 8.95. The van der Waals surface area contributed by atoms with E-state index in [1.54, 1.807) is 0 Å². The Hall–Kier alpha value is -2.49. The fourth-order valence-corrected chi connectivity index (χ4v) is 3.30. The van der Waals surface area contributed by atoms with Crippen LogP contribution in [-0.2, 0) is 11.2 Å². The van der Waals surface area contributed by atoms with Crippen molar-refractivity contribution >= 4 is 17.3 Å². The lowest BCUT2D eigenvalue weighted by molar-refractivity contribution is -0.118. The molecule has 0 aromatic heterocycles. The molecule has 3 rings (SSSR count). The Bertz CT molecular complexity index is 725. The van der Waals surface area contributed by atoms with Crippen LogP contribution in [0.2, 0.25) is 0 Å². The summed E-state index contributed by atoms with van der Waals surface area (Å²) in [6, 6.07) is 16.3. The van der Waals surface area contributed by atoms with Gasteiger partial charge in [0.15, 0.2) is 0 Å². The van der Waals surface area contributed by atoms with Crippen LogP contribution in [0, 0.1) is 0 Å². The number of hydrogen-bond donors (Lipinski definition) is 1. The Morgan fingerprint density at radius 3 is 2.64 bits per heavy atom. The monoisotopic (exact) mass is 338 g/mol. The van der Waals surface area contributed by atoms with Gasteiger partial charge >= 0.3 is 0 Å². The predicted molar refractivity (Wildman–Crippen MR) is 102 cm³/mol. The first-order chi connectivity index (χ1) is 12.0. The van der Waals surface area contributed by atoms with E-state index >= 15 is 0 Å². The number of carbonyl (C=O) groups is 1. The zero-order valence-corrected chi connectivity index (χ0v) is 15.2. The van der Waals surface area contributed by atoms with Gasteiger partial charge in [-0.25, -0.2) is 0 Å². The minimum Gasteiger partial charge on any atom is -0.491 e. The summed E-state index contributed by atoms with van der Waals surface area (Å²) in [5, 5.41) is 3.32. The highest BCUT2D eigenvalue weighted by molar-refractivity contribution is 5.96. The molecule has 132 valence electrons. The highest BCUT2D eigenvalue weighted by Crippen LogP contribution is 2.32. The van der Waals surface area contributed by atoms with Crippen molar-refractivity contribution in [2.75, 3.05) is 16.8 Å². The molecule has 2 aromatic carbocycles. The van der Waals surface area contributed by atoms with E-state index in [1.165, 1.54) is 5.56 Å². The molecule has 1 atom stereocenters. The second-order valence-corrected chi connectivity index (χ2v) is 6.81. The van der Waals surface area contributed by atoms with Gasteiger partial charge in [-0.05, 0) is 63.1 Å². The zero-order valence-electron chi connectivity index (χ0n) is 15.2. The summed E-state index contributed by atoms with van der Waals surface area (Å²) >= 11 is 0. The smallest absolute Gasteiger partial charge is 0.229 e. The van der Waals surface area contributed by atoms with E-state index in [0.717, 1.165) is 23.5 Å². The number of fused-ring (bicyclic) bond motifs is 1. The summed E-state index contributed by atoms with van der Waals surface area (Å²) < 4.78 is 5.64. The number of ether oxygens (including phenoxy) is 1. The van der Waals surface area contributed by atoms with Crippen LogP contribution in [0.1, 0.15) is 32.8 Å². The SMILES string of the molecule is CC(C)Oc1ccc(NCCC(=O)N2c3ccccc3CC2C)cc1. The molecule has 0 bridgehead atoms. The Morgan fingerprint density at radius 2 is 1.92 bits per heavy atom. The van der Waals surface area contributed by atoms with E-state index in [-0.39, 0.29) is 18.1 Å². The third-order valence-electron chi connectivity index (χ3n) is 4.37. The second kappa shape index (κ2) is 7.60. The zero-order chi connectivity index (χ0) is 17.8. The van der Waals surface area contributed by atoms with Crippen molar-refractivity contribution in [3.05, 3.63) is 54.1 Å². The summed E-state index contributed by atoms with van der Waals surface area (Å²) in [5.74, 6) is 1.03. The standard InChI is InChI=1S/C21H26N2O2/c1-15(2)25-19-10-8-18(9-11-19)22-13-12-21(24)23-16(3)14-17-6-4-5-7-20(17)23/h4-11,15-16,22H,12-14H2,1-3H3. The van der Waals surface area contributed by atoms with E-state index in [0.29, 0.717) is 13.0 Å². The van der Waals surface area contributed by atoms with Gasteiger partial charge in [-0.3, -0.25) is 4.79 Å². The fourth-order valence-electron chi connectivity index (χ4n) is 3.30. The second-order valence-electron chi connectivity index (χ2n) is 6.81. The number of hydrogen-bond acceptors (Lipinski definition) is 3. The number of anilines is 2. The number of para-hydroxylation sites is 1. The van der Waals surface area contributed by atoms with Crippen molar-refractivity contribution < 1.29 is 9.53 Å². The molecule has 0 radical (unpaired) electrons. The van der Waals surface area contributed by atoms with Crippen LogP contribution in [0.3, 0.4) is 0 Å². The molecule has 1 aliphatic heterocycles.